The van der Waals surface area contributed by atoms with Crippen molar-refractivity contribution < 1.29 is 19.1 Å². The van der Waals surface area contributed by atoms with Gasteiger partial charge in [-0.05, 0) is 48.0 Å². The lowest BCUT2D eigenvalue weighted by Gasteiger charge is -2.12. The molecule has 6 heteroatoms. The SMILES string of the molecule is C=CCOc1ccc(C=C2SC(=O)N(Cc3ccc(C)cc3)C2=O)cc1OC. The molecule has 0 N–H and O–H groups in total. The second-order valence-electron chi connectivity index (χ2n) is 6.26. The van der Waals surface area contributed by atoms with E-state index in [1.165, 1.54) is 4.90 Å². The smallest absolute Gasteiger partial charge is 0.293 e. The van der Waals surface area contributed by atoms with Gasteiger partial charge in [0.2, 0.25) is 0 Å². The lowest BCUT2D eigenvalue weighted by molar-refractivity contribution is -0.123. The van der Waals surface area contributed by atoms with E-state index in [2.05, 4.69) is 6.58 Å². The van der Waals surface area contributed by atoms with Gasteiger partial charge in [-0.2, -0.15) is 0 Å². The number of imide groups is 1. The van der Waals surface area contributed by atoms with Crippen molar-refractivity contribution >= 4 is 29.0 Å². The Bertz CT molecular complexity index is 934. The fourth-order valence-corrected chi connectivity index (χ4v) is 3.54. The molecule has 1 aliphatic heterocycles. The number of carbonyl (C=O) groups excluding carboxylic acids is 2. The van der Waals surface area contributed by atoms with Crippen LogP contribution in [0.5, 0.6) is 11.5 Å². The first-order chi connectivity index (χ1) is 13.5. The van der Waals surface area contributed by atoms with Crippen molar-refractivity contribution in [3.63, 3.8) is 0 Å². The topological polar surface area (TPSA) is 55.8 Å². The van der Waals surface area contributed by atoms with E-state index in [9.17, 15) is 9.59 Å². The maximum absolute atomic E-state index is 12.7. The van der Waals surface area contributed by atoms with Gasteiger partial charge in [-0.1, -0.05) is 48.6 Å². The molecule has 2 amide bonds. The quantitative estimate of drug-likeness (QED) is 0.498. The summed E-state index contributed by atoms with van der Waals surface area (Å²) in [5.74, 6) is 0.850. The van der Waals surface area contributed by atoms with Gasteiger partial charge in [0.05, 0.1) is 18.6 Å². The molecule has 3 rings (SSSR count). The number of aryl methyl sites for hydroxylation is 1. The van der Waals surface area contributed by atoms with Gasteiger partial charge in [0.15, 0.2) is 11.5 Å². The fourth-order valence-electron chi connectivity index (χ4n) is 2.71. The largest absolute Gasteiger partial charge is 0.493 e. The molecule has 1 heterocycles. The Balaban J connectivity index is 1.79. The zero-order valence-corrected chi connectivity index (χ0v) is 16.6. The zero-order chi connectivity index (χ0) is 20.1. The normalized spacial score (nSPS) is 15.2. The molecule has 1 aliphatic rings. The molecule has 0 bridgehead atoms. The lowest BCUT2D eigenvalue weighted by atomic mass is 10.1. The number of hydrogen-bond acceptors (Lipinski definition) is 5. The molecule has 1 fully saturated rings. The molecule has 0 aliphatic carbocycles. The van der Waals surface area contributed by atoms with E-state index in [1.54, 1.807) is 31.4 Å². The van der Waals surface area contributed by atoms with E-state index in [4.69, 9.17) is 9.47 Å². The van der Waals surface area contributed by atoms with Crippen LogP contribution in [0.3, 0.4) is 0 Å². The van der Waals surface area contributed by atoms with Crippen LogP contribution in [0, 0.1) is 6.92 Å². The van der Waals surface area contributed by atoms with Crippen LogP contribution >= 0.6 is 11.8 Å². The predicted octanol–water partition coefficient (Wildman–Crippen LogP) is 4.80. The number of hydrogen-bond donors (Lipinski definition) is 0. The second kappa shape index (κ2) is 8.80. The number of rotatable bonds is 7. The summed E-state index contributed by atoms with van der Waals surface area (Å²) in [4.78, 5) is 26.7. The van der Waals surface area contributed by atoms with E-state index in [1.807, 2.05) is 37.3 Å². The van der Waals surface area contributed by atoms with Crippen molar-refractivity contribution in [2.24, 2.45) is 0 Å². The number of nitrogens with zero attached hydrogens (tertiary/aromatic N) is 1. The third-order valence-electron chi connectivity index (χ3n) is 4.18. The summed E-state index contributed by atoms with van der Waals surface area (Å²) < 4.78 is 10.9. The van der Waals surface area contributed by atoms with Gasteiger partial charge in [0, 0.05) is 0 Å². The molecule has 2 aromatic carbocycles. The molecule has 0 radical (unpaired) electrons. The third kappa shape index (κ3) is 4.46. The number of thioether (sulfide) groups is 1. The Labute approximate surface area is 168 Å². The van der Waals surface area contributed by atoms with Gasteiger partial charge >= 0.3 is 0 Å². The van der Waals surface area contributed by atoms with Crippen molar-refractivity contribution in [2.75, 3.05) is 13.7 Å². The number of ether oxygens (including phenoxy) is 2. The number of amides is 2. The van der Waals surface area contributed by atoms with Gasteiger partial charge in [-0.15, -0.1) is 0 Å². The van der Waals surface area contributed by atoms with Crippen LogP contribution in [-0.4, -0.2) is 29.8 Å². The monoisotopic (exact) mass is 395 g/mol. The summed E-state index contributed by atoms with van der Waals surface area (Å²) in [5, 5.41) is -0.269. The summed E-state index contributed by atoms with van der Waals surface area (Å²) in [7, 11) is 1.55. The van der Waals surface area contributed by atoms with Gasteiger partial charge < -0.3 is 9.47 Å². The van der Waals surface area contributed by atoms with Crippen LogP contribution in [0.4, 0.5) is 4.79 Å². The average Bonchev–Trinajstić information content (AvgIpc) is 2.95. The number of benzene rings is 2. The zero-order valence-electron chi connectivity index (χ0n) is 15.8. The highest BCUT2D eigenvalue weighted by molar-refractivity contribution is 8.18. The van der Waals surface area contributed by atoms with Crippen LogP contribution in [0.2, 0.25) is 0 Å². The highest BCUT2D eigenvalue weighted by Crippen LogP contribution is 2.35. The van der Waals surface area contributed by atoms with Crippen LogP contribution in [-0.2, 0) is 11.3 Å². The Morgan fingerprint density at radius 3 is 2.54 bits per heavy atom. The Hall–Kier alpha value is -2.99. The molecule has 5 nitrogen and oxygen atoms in total. The molecular formula is C22H21NO4S. The van der Waals surface area contributed by atoms with Crippen LogP contribution in [0.25, 0.3) is 6.08 Å². The summed E-state index contributed by atoms with van der Waals surface area (Å²) in [6.07, 6.45) is 3.34. The second-order valence-corrected chi connectivity index (χ2v) is 7.26. The lowest BCUT2D eigenvalue weighted by Crippen LogP contribution is -2.27. The average molecular weight is 395 g/mol. The van der Waals surface area contributed by atoms with Crippen LogP contribution in [0.1, 0.15) is 16.7 Å². The Morgan fingerprint density at radius 1 is 1.11 bits per heavy atom. The molecular weight excluding hydrogens is 374 g/mol. The van der Waals surface area contributed by atoms with E-state index in [-0.39, 0.29) is 17.7 Å². The van der Waals surface area contributed by atoms with Crippen LogP contribution in [0.15, 0.2) is 60.0 Å². The van der Waals surface area contributed by atoms with Gasteiger partial charge in [-0.3, -0.25) is 14.5 Å². The van der Waals surface area contributed by atoms with Crippen molar-refractivity contribution in [1.29, 1.82) is 0 Å². The van der Waals surface area contributed by atoms with Crippen molar-refractivity contribution in [1.82, 2.24) is 4.90 Å². The van der Waals surface area contributed by atoms with E-state index >= 15 is 0 Å². The van der Waals surface area contributed by atoms with Crippen molar-refractivity contribution in [3.05, 3.63) is 76.7 Å². The summed E-state index contributed by atoms with van der Waals surface area (Å²) in [5.41, 5.74) is 2.80. The minimum absolute atomic E-state index is 0.264. The van der Waals surface area contributed by atoms with E-state index < -0.39 is 0 Å². The maximum Gasteiger partial charge on any atom is 0.293 e. The number of carbonyl (C=O) groups is 2. The molecule has 2 aromatic rings. The molecule has 0 saturated carbocycles. The van der Waals surface area contributed by atoms with Crippen molar-refractivity contribution in [2.45, 2.75) is 13.5 Å². The molecule has 144 valence electrons. The summed E-state index contributed by atoms with van der Waals surface area (Å²) >= 11 is 0.944. The molecule has 1 saturated heterocycles. The Kier molecular flexibility index (Phi) is 6.21. The maximum atomic E-state index is 12.7. The first-order valence-electron chi connectivity index (χ1n) is 8.74. The summed E-state index contributed by atoms with van der Waals surface area (Å²) in [6.45, 7) is 6.25. The van der Waals surface area contributed by atoms with Gasteiger partial charge in [0.1, 0.15) is 6.61 Å². The highest BCUT2D eigenvalue weighted by Gasteiger charge is 2.35. The molecule has 0 unspecified atom stereocenters. The molecule has 0 spiro atoms. The Morgan fingerprint density at radius 2 is 1.86 bits per heavy atom. The van der Waals surface area contributed by atoms with Crippen molar-refractivity contribution in [3.8, 4) is 11.5 Å². The van der Waals surface area contributed by atoms with Crippen LogP contribution < -0.4 is 9.47 Å². The molecule has 0 atom stereocenters. The number of methoxy groups -OCH3 is 1. The fraction of sp³-hybridized carbons (Fsp3) is 0.182. The highest BCUT2D eigenvalue weighted by atomic mass is 32.2. The molecule has 0 aromatic heterocycles. The third-order valence-corrected chi connectivity index (χ3v) is 5.08. The van der Waals surface area contributed by atoms with Gasteiger partial charge in [-0.25, -0.2) is 0 Å². The molecule has 28 heavy (non-hydrogen) atoms. The minimum atomic E-state index is -0.290. The van der Waals surface area contributed by atoms with E-state index in [0.717, 1.165) is 28.5 Å². The van der Waals surface area contributed by atoms with E-state index in [0.29, 0.717) is 23.0 Å². The minimum Gasteiger partial charge on any atom is -0.493 e. The predicted molar refractivity (Wildman–Crippen MR) is 111 cm³/mol. The first-order valence-corrected chi connectivity index (χ1v) is 9.56. The standard InChI is InChI=1S/C22H21NO4S/c1-4-11-27-18-10-9-17(12-19(18)26-3)13-20-21(24)23(22(25)28-20)14-16-7-5-15(2)6-8-16/h4-10,12-13H,1,11,14H2,2-3H3. The van der Waals surface area contributed by atoms with Gasteiger partial charge in [0.25, 0.3) is 11.1 Å². The first kappa shape index (κ1) is 19.8. The summed E-state index contributed by atoms with van der Waals surface area (Å²) in [6, 6.07) is 13.1.